The van der Waals surface area contributed by atoms with E-state index in [4.69, 9.17) is 16.9 Å². The Hall–Kier alpha value is -2.09. The molecule has 0 spiro atoms. The zero-order valence-electron chi connectivity index (χ0n) is 10.3. The van der Waals surface area contributed by atoms with Crippen molar-refractivity contribution >= 4 is 27.5 Å². The largest absolute Gasteiger partial charge is 0.218 e. The monoisotopic (exact) mass is 303 g/mol. The highest BCUT2D eigenvalue weighted by molar-refractivity contribution is 7.91. The molecule has 0 atom stereocenters. The van der Waals surface area contributed by atoms with Crippen molar-refractivity contribution in [2.24, 2.45) is 0 Å². The van der Waals surface area contributed by atoms with Crippen LogP contribution in [0.25, 0.3) is 6.08 Å². The van der Waals surface area contributed by atoms with Crippen molar-refractivity contribution in [3.05, 3.63) is 65.2 Å². The minimum absolute atomic E-state index is 0.0858. The molecule has 0 N–H and O–H groups in total. The topological polar surface area (TPSA) is 57.9 Å². The fourth-order valence-corrected chi connectivity index (χ4v) is 3.47. The van der Waals surface area contributed by atoms with Gasteiger partial charge in [-0.3, -0.25) is 0 Å². The predicted molar refractivity (Wildman–Crippen MR) is 78.0 cm³/mol. The predicted octanol–water partition coefficient (Wildman–Crippen LogP) is 3.71. The molecule has 0 aliphatic carbocycles. The molecule has 0 saturated heterocycles. The number of halogens is 1. The third kappa shape index (κ3) is 2.90. The van der Waals surface area contributed by atoms with Crippen LogP contribution in [0.1, 0.15) is 5.56 Å². The van der Waals surface area contributed by atoms with E-state index in [2.05, 4.69) is 0 Å². The number of sulfone groups is 1. The highest BCUT2D eigenvalue weighted by atomic mass is 35.5. The Kier molecular flexibility index (Phi) is 4.23. The summed E-state index contributed by atoms with van der Waals surface area (Å²) in [6.07, 6.45) is 2.68. The Labute approximate surface area is 122 Å². The minimum Gasteiger partial charge on any atom is -0.218 e. The van der Waals surface area contributed by atoms with Crippen LogP contribution in [0.4, 0.5) is 0 Å². The highest BCUT2D eigenvalue weighted by Gasteiger charge is 2.20. The van der Waals surface area contributed by atoms with Crippen molar-refractivity contribution in [1.82, 2.24) is 0 Å². The summed E-state index contributed by atoms with van der Waals surface area (Å²) in [6.45, 7) is 0. The van der Waals surface area contributed by atoms with Crippen molar-refractivity contribution < 1.29 is 8.42 Å². The molecule has 0 radical (unpaired) electrons. The fourth-order valence-electron chi connectivity index (χ4n) is 1.73. The Bertz CT molecular complexity index is 790. The van der Waals surface area contributed by atoms with Gasteiger partial charge in [0.05, 0.1) is 15.9 Å². The number of benzene rings is 2. The summed E-state index contributed by atoms with van der Waals surface area (Å²) in [7, 11) is -3.67. The summed E-state index contributed by atoms with van der Waals surface area (Å²) in [6, 6.07) is 14.5. The summed E-state index contributed by atoms with van der Waals surface area (Å²) in [5.41, 5.74) is 0.430. The van der Waals surface area contributed by atoms with Crippen LogP contribution in [0.15, 0.2) is 64.4 Å². The van der Waals surface area contributed by atoms with Crippen LogP contribution in [0, 0.1) is 11.3 Å². The number of nitriles is 1. The molecule has 20 heavy (non-hydrogen) atoms. The van der Waals surface area contributed by atoms with E-state index in [9.17, 15) is 8.42 Å². The molecular formula is C15H10ClNO2S. The third-order valence-corrected chi connectivity index (χ3v) is 4.72. The summed E-state index contributed by atoms with van der Waals surface area (Å²) in [5.74, 6) is 0. The first kappa shape index (κ1) is 14.3. The van der Waals surface area contributed by atoms with E-state index in [1.54, 1.807) is 30.3 Å². The van der Waals surface area contributed by atoms with E-state index >= 15 is 0 Å². The Balaban J connectivity index is 2.66. The number of nitrogens with zero attached hydrogens (tertiary/aromatic N) is 1. The molecule has 0 aromatic heterocycles. The van der Waals surface area contributed by atoms with Gasteiger partial charge >= 0.3 is 0 Å². The highest BCUT2D eigenvalue weighted by Crippen LogP contribution is 2.27. The molecule has 0 unspecified atom stereocenters. The van der Waals surface area contributed by atoms with Gasteiger partial charge in [0.1, 0.15) is 0 Å². The Morgan fingerprint density at radius 1 is 1.10 bits per heavy atom. The van der Waals surface area contributed by atoms with Gasteiger partial charge in [-0.25, -0.2) is 8.42 Å². The maximum atomic E-state index is 12.6. The lowest BCUT2D eigenvalue weighted by Crippen LogP contribution is -2.04. The zero-order valence-corrected chi connectivity index (χ0v) is 11.9. The van der Waals surface area contributed by atoms with Crippen LogP contribution in [-0.2, 0) is 9.84 Å². The maximum Gasteiger partial charge on any atom is 0.207 e. The number of allylic oxidation sites excluding steroid dienone is 1. The molecule has 0 saturated carbocycles. The normalized spacial score (nSPS) is 11.4. The van der Waals surface area contributed by atoms with Crippen LogP contribution >= 0.6 is 11.6 Å². The van der Waals surface area contributed by atoms with Gasteiger partial charge in [0.15, 0.2) is 0 Å². The lowest BCUT2D eigenvalue weighted by atomic mass is 10.2. The summed E-state index contributed by atoms with van der Waals surface area (Å²) in [5, 5.41) is 8.91. The fraction of sp³-hybridized carbons (Fsp3) is 0. The van der Waals surface area contributed by atoms with Crippen molar-refractivity contribution in [2.75, 3.05) is 0 Å². The summed E-state index contributed by atoms with van der Waals surface area (Å²) in [4.78, 5) is 0.275. The number of rotatable bonds is 3. The van der Waals surface area contributed by atoms with Crippen molar-refractivity contribution in [1.29, 1.82) is 5.26 Å². The van der Waals surface area contributed by atoms with Gasteiger partial charge < -0.3 is 0 Å². The molecule has 0 bridgehead atoms. The SMILES string of the molecule is N#C/C=C/c1ccc(Cl)cc1S(=O)(=O)c1ccccc1. The van der Waals surface area contributed by atoms with Crippen LogP contribution < -0.4 is 0 Å². The number of hydrogen-bond acceptors (Lipinski definition) is 3. The van der Waals surface area contributed by atoms with Gasteiger partial charge in [-0.2, -0.15) is 5.26 Å². The molecule has 0 heterocycles. The first-order chi connectivity index (χ1) is 9.55. The van der Waals surface area contributed by atoms with Crippen LogP contribution in [0.2, 0.25) is 5.02 Å². The maximum absolute atomic E-state index is 12.6. The lowest BCUT2D eigenvalue weighted by Gasteiger charge is -2.08. The Morgan fingerprint density at radius 2 is 1.80 bits per heavy atom. The summed E-state index contributed by atoms with van der Waals surface area (Å²) < 4.78 is 25.2. The molecule has 0 amide bonds. The molecule has 0 aliphatic rings. The first-order valence-electron chi connectivity index (χ1n) is 5.71. The average molecular weight is 304 g/mol. The van der Waals surface area contributed by atoms with Gasteiger partial charge in [-0.15, -0.1) is 0 Å². The minimum atomic E-state index is -3.67. The van der Waals surface area contributed by atoms with Gasteiger partial charge in [0, 0.05) is 11.1 Å². The molecule has 0 fully saturated rings. The van der Waals surface area contributed by atoms with E-state index in [0.717, 1.165) is 0 Å². The molecule has 2 rings (SSSR count). The smallest absolute Gasteiger partial charge is 0.207 e. The van der Waals surface area contributed by atoms with E-state index in [1.165, 1.54) is 30.4 Å². The molecule has 3 nitrogen and oxygen atoms in total. The molecular weight excluding hydrogens is 294 g/mol. The molecule has 2 aromatic rings. The van der Waals surface area contributed by atoms with Crippen LogP contribution in [0.5, 0.6) is 0 Å². The second-order valence-electron chi connectivity index (χ2n) is 3.96. The van der Waals surface area contributed by atoms with Crippen LogP contribution in [0.3, 0.4) is 0 Å². The molecule has 5 heteroatoms. The average Bonchev–Trinajstić information content (AvgIpc) is 2.47. The lowest BCUT2D eigenvalue weighted by molar-refractivity contribution is 0.596. The zero-order chi connectivity index (χ0) is 14.6. The van der Waals surface area contributed by atoms with Crippen molar-refractivity contribution in [3.63, 3.8) is 0 Å². The van der Waals surface area contributed by atoms with E-state index < -0.39 is 9.84 Å². The van der Waals surface area contributed by atoms with E-state index in [0.29, 0.717) is 10.6 Å². The van der Waals surface area contributed by atoms with Crippen molar-refractivity contribution in [3.8, 4) is 6.07 Å². The second-order valence-corrected chi connectivity index (χ2v) is 6.32. The van der Waals surface area contributed by atoms with Gasteiger partial charge in [-0.05, 0) is 35.9 Å². The second kappa shape index (κ2) is 5.91. The first-order valence-corrected chi connectivity index (χ1v) is 7.57. The molecule has 0 aliphatic heterocycles. The van der Waals surface area contributed by atoms with E-state index in [-0.39, 0.29) is 9.79 Å². The quantitative estimate of drug-likeness (QED) is 0.812. The van der Waals surface area contributed by atoms with Crippen molar-refractivity contribution in [2.45, 2.75) is 9.79 Å². The Morgan fingerprint density at radius 3 is 2.45 bits per heavy atom. The third-order valence-electron chi connectivity index (χ3n) is 2.66. The summed E-state index contributed by atoms with van der Waals surface area (Å²) >= 11 is 5.89. The number of hydrogen-bond donors (Lipinski definition) is 0. The van der Waals surface area contributed by atoms with Crippen LogP contribution in [-0.4, -0.2) is 8.42 Å². The van der Waals surface area contributed by atoms with Gasteiger partial charge in [0.25, 0.3) is 0 Å². The van der Waals surface area contributed by atoms with Gasteiger partial charge in [0.2, 0.25) is 9.84 Å². The van der Waals surface area contributed by atoms with E-state index in [1.807, 2.05) is 6.07 Å². The standard InChI is InChI=1S/C15H10ClNO2S/c16-13-9-8-12(5-4-10-17)15(11-13)20(18,19)14-6-2-1-3-7-14/h1-9,11H/b5-4+. The molecule has 2 aromatic carbocycles. The van der Waals surface area contributed by atoms with Gasteiger partial charge in [-0.1, -0.05) is 35.9 Å². The molecule has 100 valence electrons.